The molecule has 1 nitrogen and oxygen atoms in total. The van der Waals surface area contributed by atoms with Gasteiger partial charge in [-0.15, -0.1) is 0 Å². The van der Waals surface area contributed by atoms with Crippen LogP contribution in [0.3, 0.4) is 0 Å². The van der Waals surface area contributed by atoms with Crippen LogP contribution in [0.25, 0.3) is 0 Å². The SMILES string of the molecule is [B]CCc1cccc(C)c1CNC(=C)CC1CCCCC1. The van der Waals surface area contributed by atoms with Crippen LogP contribution in [0, 0.1) is 12.8 Å². The monoisotopic (exact) mass is 281 g/mol. The molecule has 1 aliphatic rings. The fraction of sp³-hybridized carbons (Fsp3) is 0.579. The number of nitrogens with one attached hydrogen (secondary N) is 1. The van der Waals surface area contributed by atoms with Crippen molar-refractivity contribution < 1.29 is 0 Å². The van der Waals surface area contributed by atoms with E-state index in [9.17, 15) is 0 Å². The van der Waals surface area contributed by atoms with Crippen LogP contribution in [0.1, 0.15) is 55.2 Å². The van der Waals surface area contributed by atoms with Crippen LogP contribution in [0.2, 0.25) is 6.32 Å². The molecule has 112 valence electrons. The van der Waals surface area contributed by atoms with Crippen molar-refractivity contribution in [3.63, 3.8) is 0 Å². The summed E-state index contributed by atoms with van der Waals surface area (Å²) in [5.74, 6) is 0.846. The van der Waals surface area contributed by atoms with Crippen molar-refractivity contribution in [2.24, 2.45) is 5.92 Å². The van der Waals surface area contributed by atoms with Crippen molar-refractivity contribution in [3.8, 4) is 0 Å². The minimum atomic E-state index is 0.708. The lowest BCUT2D eigenvalue weighted by Crippen LogP contribution is -2.18. The van der Waals surface area contributed by atoms with E-state index in [1.54, 1.807) is 0 Å². The molecule has 2 heteroatoms. The zero-order chi connectivity index (χ0) is 15.1. The first kappa shape index (κ1) is 16.2. The second-order valence-electron chi connectivity index (χ2n) is 6.42. The lowest BCUT2D eigenvalue weighted by molar-refractivity contribution is 0.351. The minimum Gasteiger partial charge on any atom is -0.385 e. The molecule has 0 saturated heterocycles. The Morgan fingerprint density at radius 2 is 2.05 bits per heavy atom. The largest absolute Gasteiger partial charge is 0.385 e. The molecule has 0 bridgehead atoms. The minimum absolute atomic E-state index is 0.708. The fourth-order valence-electron chi connectivity index (χ4n) is 3.43. The third-order valence-electron chi connectivity index (χ3n) is 4.70. The summed E-state index contributed by atoms with van der Waals surface area (Å²) in [6.07, 6.45) is 9.77. The van der Waals surface area contributed by atoms with Crippen molar-refractivity contribution in [2.75, 3.05) is 0 Å². The number of aryl methyl sites for hydroxylation is 2. The third kappa shape index (κ3) is 4.95. The molecule has 1 aromatic rings. The third-order valence-corrected chi connectivity index (χ3v) is 4.70. The van der Waals surface area contributed by atoms with Gasteiger partial charge in [0.05, 0.1) is 7.85 Å². The predicted molar refractivity (Wildman–Crippen MR) is 92.6 cm³/mol. The van der Waals surface area contributed by atoms with Crippen LogP contribution in [-0.2, 0) is 13.0 Å². The van der Waals surface area contributed by atoms with Gasteiger partial charge < -0.3 is 5.32 Å². The number of rotatable bonds is 7. The molecule has 1 aliphatic carbocycles. The van der Waals surface area contributed by atoms with E-state index in [4.69, 9.17) is 7.85 Å². The van der Waals surface area contributed by atoms with Gasteiger partial charge in [-0.1, -0.05) is 63.2 Å². The van der Waals surface area contributed by atoms with E-state index in [2.05, 4.69) is 37.0 Å². The molecule has 0 spiro atoms. The van der Waals surface area contributed by atoms with Gasteiger partial charge in [0.25, 0.3) is 0 Å². The van der Waals surface area contributed by atoms with E-state index in [-0.39, 0.29) is 0 Å². The van der Waals surface area contributed by atoms with Crippen molar-refractivity contribution >= 4 is 7.85 Å². The average molecular weight is 281 g/mol. The first-order valence-corrected chi connectivity index (χ1v) is 8.39. The molecular formula is C19H28BN. The highest BCUT2D eigenvalue weighted by molar-refractivity contribution is 6.08. The van der Waals surface area contributed by atoms with E-state index < -0.39 is 0 Å². The van der Waals surface area contributed by atoms with E-state index in [1.807, 2.05) is 0 Å². The summed E-state index contributed by atoms with van der Waals surface area (Å²) in [5.41, 5.74) is 5.31. The van der Waals surface area contributed by atoms with Crippen molar-refractivity contribution in [1.82, 2.24) is 5.32 Å². The molecule has 2 radical (unpaired) electrons. The second kappa shape index (κ2) is 8.31. The Hall–Kier alpha value is -1.18. The van der Waals surface area contributed by atoms with Crippen LogP contribution in [0.4, 0.5) is 0 Å². The topological polar surface area (TPSA) is 12.0 Å². The maximum atomic E-state index is 5.72. The molecule has 2 rings (SSSR count). The van der Waals surface area contributed by atoms with Gasteiger partial charge in [0.2, 0.25) is 0 Å². The molecule has 0 atom stereocenters. The van der Waals surface area contributed by atoms with Gasteiger partial charge in [0, 0.05) is 12.2 Å². The number of hydrogen-bond acceptors (Lipinski definition) is 1. The average Bonchev–Trinajstić information content (AvgIpc) is 2.48. The lowest BCUT2D eigenvalue weighted by atomic mass is 9.86. The standard InChI is InChI=1S/C19H28BN/c1-15-7-6-10-18(11-12-20)19(15)14-21-16(2)13-17-8-4-3-5-9-17/h6-7,10,17,21H,2-5,8-9,11-14H2,1H3. The molecule has 21 heavy (non-hydrogen) atoms. The Morgan fingerprint density at radius 1 is 1.29 bits per heavy atom. The van der Waals surface area contributed by atoms with Gasteiger partial charge in [-0.3, -0.25) is 0 Å². The molecular weight excluding hydrogens is 253 g/mol. The molecule has 0 aromatic heterocycles. The van der Waals surface area contributed by atoms with Gasteiger partial charge in [0.1, 0.15) is 0 Å². The molecule has 0 unspecified atom stereocenters. The Kier molecular flexibility index (Phi) is 6.41. The van der Waals surface area contributed by atoms with Gasteiger partial charge in [-0.25, -0.2) is 0 Å². The fourth-order valence-corrected chi connectivity index (χ4v) is 3.43. The normalized spacial score (nSPS) is 15.9. The van der Waals surface area contributed by atoms with Gasteiger partial charge in [-0.2, -0.15) is 0 Å². The zero-order valence-electron chi connectivity index (χ0n) is 13.5. The highest BCUT2D eigenvalue weighted by Gasteiger charge is 2.14. The Balaban J connectivity index is 1.88. The number of benzene rings is 1. The number of allylic oxidation sites excluding steroid dienone is 1. The summed E-state index contributed by atoms with van der Waals surface area (Å²) in [6, 6.07) is 6.50. The van der Waals surface area contributed by atoms with Crippen molar-refractivity contribution in [2.45, 2.75) is 64.7 Å². The summed E-state index contributed by atoms with van der Waals surface area (Å²) in [6.45, 7) is 7.30. The summed E-state index contributed by atoms with van der Waals surface area (Å²) < 4.78 is 0. The molecule has 0 aliphatic heterocycles. The van der Waals surface area contributed by atoms with Gasteiger partial charge in [0.15, 0.2) is 0 Å². The van der Waals surface area contributed by atoms with E-state index in [1.165, 1.54) is 54.5 Å². The Labute approximate surface area is 131 Å². The molecule has 1 aromatic carbocycles. The summed E-state index contributed by atoms with van der Waals surface area (Å²) in [7, 11) is 5.72. The van der Waals surface area contributed by atoms with Crippen molar-refractivity contribution in [3.05, 3.63) is 47.2 Å². The molecule has 1 N–H and O–H groups in total. The molecule has 1 saturated carbocycles. The first-order chi connectivity index (χ1) is 10.2. The van der Waals surface area contributed by atoms with E-state index in [0.29, 0.717) is 6.32 Å². The highest BCUT2D eigenvalue weighted by atomic mass is 14.9. The maximum Gasteiger partial charge on any atom is 0.0657 e. The lowest BCUT2D eigenvalue weighted by Gasteiger charge is -2.23. The Morgan fingerprint density at radius 3 is 2.76 bits per heavy atom. The number of hydrogen-bond donors (Lipinski definition) is 1. The summed E-state index contributed by atoms with van der Waals surface area (Å²) >= 11 is 0. The first-order valence-electron chi connectivity index (χ1n) is 8.39. The quantitative estimate of drug-likeness (QED) is 0.714. The van der Waals surface area contributed by atoms with Crippen molar-refractivity contribution in [1.29, 1.82) is 0 Å². The molecule has 0 heterocycles. The van der Waals surface area contributed by atoms with Gasteiger partial charge in [-0.05, 0) is 42.4 Å². The van der Waals surface area contributed by atoms with E-state index >= 15 is 0 Å². The smallest absolute Gasteiger partial charge is 0.0657 e. The van der Waals surface area contributed by atoms with E-state index in [0.717, 1.165) is 25.3 Å². The summed E-state index contributed by atoms with van der Waals surface area (Å²) in [4.78, 5) is 0. The van der Waals surface area contributed by atoms with Crippen LogP contribution in [0.5, 0.6) is 0 Å². The van der Waals surface area contributed by atoms with Crippen LogP contribution < -0.4 is 5.32 Å². The second-order valence-corrected chi connectivity index (χ2v) is 6.42. The highest BCUT2D eigenvalue weighted by Crippen LogP contribution is 2.28. The van der Waals surface area contributed by atoms with Gasteiger partial charge >= 0.3 is 0 Å². The Bertz CT molecular complexity index is 461. The van der Waals surface area contributed by atoms with Crippen LogP contribution in [0.15, 0.2) is 30.5 Å². The predicted octanol–water partition coefficient (Wildman–Crippen LogP) is 4.70. The summed E-state index contributed by atoms with van der Waals surface area (Å²) in [5, 5.41) is 3.55. The maximum absolute atomic E-state index is 5.72. The molecule has 1 fully saturated rings. The molecule has 0 amide bonds. The van der Waals surface area contributed by atoms with Crippen LogP contribution >= 0.6 is 0 Å². The van der Waals surface area contributed by atoms with Crippen LogP contribution in [-0.4, -0.2) is 7.85 Å². The zero-order valence-corrected chi connectivity index (χ0v) is 13.5.